The predicted octanol–water partition coefficient (Wildman–Crippen LogP) is 0.141. The summed E-state index contributed by atoms with van der Waals surface area (Å²) in [5, 5.41) is 20.9. The zero-order chi connectivity index (χ0) is 17.4. The molecule has 2 aromatic rings. The molecule has 24 heavy (non-hydrogen) atoms. The number of nitro groups is 1. The topological polar surface area (TPSA) is 124 Å². The van der Waals surface area contributed by atoms with Crippen LogP contribution in [0.4, 0.5) is 5.69 Å². The van der Waals surface area contributed by atoms with Crippen LogP contribution in [0.5, 0.6) is 0 Å². The molecule has 0 aliphatic carbocycles. The van der Waals surface area contributed by atoms with E-state index in [0.717, 1.165) is 0 Å². The number of hydrogen-bond acceptors (Lipinski definition) is 7. The van der Waals surface area contributed by atoms with Crippen LogP contribution in [0.1, 0.15) is 10.4 Å². The third-order valence-electron chi connectivity index (χ3n) is 3.17. The number of benzene rings is 1. The molecule has 0 aliphatic heterocycles. The van der Waals surface area contributed by atoms with Gasteiger partial charge in [-0.15, -0.1) is 0 Å². The molecule has 0 bridgehead atoms. The maximum Gasteiger partial charge on any atom is 0.295 e. The molecule has 10 heteroatoms. The van der Waals surface area contributed by atoms with E-state index >= 15 is 0 Å². The second-order valence-corrected chi connectivity index (χ2v) is 4.80. The van der Waals surface area contributed by atoms with Gasteiger partial charge in [0.25, 0.3) is 11.6 Å². The standard InChI is InChI=1S/C14H18N6O4/c1-24-7-6-15-4-5-17-14(21)11-2-3-12(13(8-11)20(22)23)19-10-16-9-18-19/h2-3,8-10,15H,4-7H2,1H3,(H,17,21). The van der Waals surface area contributed by atoms with Crippen molar-refractivity contribution < 1.29 is 14.5 Å². The molecular formula is C14H18N6O4. The second kappa shape index (κ2) is 8.70. The van der Waals surface area contributed by atoms with E-state index in [1.165, 1.54) is 35.5 Å². The number of aromatic nitrogens is 3. The van der Waals surface area contributed by atoms with Crippen LogP contribution in [-0.4, -0.2) is 58.9 Å². The molecule has 0 saturated carbocycles. The van der Waals surface area contributed by atoms with Gasteiger partial charge in [0.2, 0.25) is 0 Å². The quantitative estimate of drug-likeness (QED) is 0.380. The Hall–Kier alpha value is -2.85. The van der Waals surface area contributed by atoms with Crippen LogP contribution in [0.25, 0.3) is 5.69 Å². The van der Waals surface area contributed by atoms with Crippen molar-refractivity contribution >= 4 is 11.6 Å². The van der Waals surface area contributed by atoms with E-state index in [0.29, 0.717) is 26.2 Å². The summed E-state index contributed by atoms with van der Waals surface area (Å²) in [6, 6.07) is 4.21. The molecule has 10 nitrogen and oxygen atoms in total. The van der Waals surface area contributed by atoms with Gasteiger partial charge in [-0.1, -0.05) is 0 Å². The number of carbonyl (C=O) groups is 1. The van der Waals surface area contributed by atoms with Crippen LogP contribution in [0, 0.1) is 10.1 Å². The first-order chi connectivity index (χ1) is 11.6. The van der Waals surface area contributed by atoms with E-state index < -0.39 is 4.92 Å². The Labute approximate surface area is 138 Å². The van der Waals surface area contributed by atoms with Gasteiger partial charge in [-0.3, -0.25) is 14.9 Å². The number of nitro benzene ring substituents is 1. The van der Waals surface area contributed by atoms with E-state index in [-0.39, 0.29) is 22.8 Å². The lowest BCUT2D eigenvalue weighted by Gasteiger charge is -2.08. The Bertz CT molecular complexity index is 689. The number of nitrogens with zero attached hydrogens (tertiary/aromatic N) is 4. The lowest BCUT2D eigenvalue weighted by molar-refractivity contribution is -0.384. The van der Waals surface area contributed by atoms with Gasteiger partial charge in [0.05, 0.1) is 11.5 Å². The molecule has 1 heterocycles. The van der Waals surface area contributed by atoms with Gasteiger partial charge >= 0.3 is 0 Å². The van der Waals surface area contributed by atoms with Crippen LogP contribution in [0.3, 0.4) is 0 Å². The number of ether oxygens (including phenoxy) is 1. The first kappa shape index (κ1) is 17.5. The zero-order valence-electron chi connectivity index (χ0n) is 13.1. The summed E-state index contributed by atoms with van der Waals surface area (Å²) in [6.07, 6.45) is 2.63. The number of hydrogen-bond donors (Lipinski definition) is 2. The minimum atomic E-state index is -0.555. The summed E-state index contributed by atoms with van der Waals surface area (Å²) < 4.78 is 6.17. The smallest absolute Gasteiger partial charge is 0.295 e. The largest absolute Gasteiger partial charge is 0.383 e. The first-order valence-electron chi connectivity index (χ1n) is 7.24. The van der Waals surface area contributed by atoms with Crippen LogP contribution in [0.2, 0.25) is 0 Å². The zero-order valence-corrected chi connectivity index (χ0v) is 13.1. The molecule has 0 spiro atoms. The van der Waals surface area contributed by atoms with E-state index in [4.69, 9.17) is 4.74 Å². The van der Waals surface area contributed by atoms with E-state index in [9.17, 15) is 14.9 Å². The van der Waals surface area contributed by atoms with Gasteiger partial charge in [-0.25, -0.2) is 9.67 Å². The lowest BCUT2D eigenvalue weighted by atomic mass is 10.1. The predicted molar refractivity (Wildman–Crippen MR) is 85.1 cm³/mol. The average molecular weight is 334 g/mol. The minimum Gasteiger partial charge on any atom is -0.383 e. The molecule has 0 radical (unpaired) electrons. The molecule has 0 fully saturated rings. The molecule has 0 atom stereocenters. The van der Waals surface area contributed by atoms with Crippen LogP contribution >= 0.6 is 0 Å². The average Bonchev–Trinajstić information content (AvgIpc) is 3.11. The highest BCUT2D eigenvalue weighted by atomic mass is 16.6. The Kier molecular flexibility index (Phi) is 6.34. The highest BCUT2D eigenvalue weighted by molar-refractivity contribution is 5.95. The van der Waals surface area contributed by atoms with E-state index in [2.05, 4.69) is 20.7 Å². The van der Waals surface area contributed by atoms with Crippen molar-refractivity contribution in [3.05, 3.63) is 46.5 Å². The highest BCUT2D eigenvalue weighted by Crippen LogP contribution is 2.23. The summed E-state index contributed by atoms with van der Waals surface area (Å²) in [4.78, 5) is 26.5. The molecule has 1 amide bonds. The maximum absolute atomic E-state index is 12.1. The van der Waals surface area contributed by atoms with Crippen molar-refractivity contribution in [3.8, 4) is 5.69 Å². The van der Waals surface area contributed by atoms with Gasteiger partial charge in [0.1, 0.15) is 18.3 Å². The Morgan fingerprint density at radius 2 is 2.21 bits per heavy atom. The fourth-order valence-corrected chi connectivity index (χ4v) is 2.00. The highest BCUT2D eigenvalue weighted by Gasteiger charge is 2.19. The molecule has 0 aliphatic rings. The van der Waals surface area contributed by atoms with Crippen molar-refractivity contribution in [1.29, 1.82) is 0 Å². The van der Waals surface area contributed by atoms with Crippen molar-refractivity contribution in [2.45, 2.75) is 0 Å². The monoisotopic (exact) mass is 334 g/mol. The summed E-state index contributed by atoms with van der Waals surface area (Å²) in [5.74, 6) is -0.378. The van der Waals surface area contributed by atoms with Crippen molar-refractivity contribution in [3.63, 3.8) is 0 Å². The van der Waals surface area contributed by atoms with Crippen molar-refractivity contribution in [2.75, 3.05) is 33.4 Å². The molecule has 2 N–H and O–H groups in total. The van der Waals surface area contributed by atoms with Crippen LogP contribution in [0.15, 0.2) is 30.9 Å². The normalized spacial score (nSPS) is 10.5. The molecule has 128 valence electrons. The van der Waals surface area contributed by atoms with E-state index in [1.807, 2.05) is 0 Å². The fourth-order valence-electron chi connectivity index (χ4n) is 2.00. The van der Waals surface area contributed by atoms with Gasteiger partial charge < -0.3 is 15.4 Å². The minimum absolute atomic E-state index is 0.211. The molecule has 1 aromatic carbocycles. The van der Waals surface area contributed by atoms with Gasteiger partial charge in [0.15, 0.2) is 0 Å². The molecule has 0 unspecified atom stereocenters. The summed E-state index contributed by atoms with van der Waals surface area (Å²) in [5.41, 5.74) is 0.240. The van der Waals surface area contributed by atoms with Gasteiger partial charge in [0, 0.05) is 38.4 Å². The summed E-state index contributed by atoms with van der Waals surface area (Å²) in [6.45, 7) is 2.25. The second-order valence-electron chi connectivity index (χ2n) is 4.80. The van der Waals surface area contributed by atoms with Gasteiger partial charge in [-0.2, -0.15) is 5.10 Å². The summed E-state index contributed by atoms with van der Waals surface area (Å²) in [7, 11) is 1.61. The maximum atomic E-state index is 12.1. The SMILES string of the molecule is COCCNCCNC(=O)c1ccc(-n2cncn2)c([N+](=O)[O-])c1. The Morgan fingerprint density at radius 3 is 2.88 bits per heavy atom. The fraction of sp³-hybridized carbons (Fsp3) is 0.357. The van der Waals surface area contributed by atoms with Crippen LogP contribution < -0.4 is 10.6 Å². The van der Waals surface area contributed by atoms with E-state index in [1.54, 1.807) is 7.11 Å². The number of rotatable bonds is 9. The summed E-state index contributed by atoms with van der Waals surface area (Å²) >= 11 is 0. The molecule has 2 rings (SSSR count). The van der Waals surface area contributed by atoms with Crippen molar-refractivity contribution in [1.82, 2.24) is 25.4 Å². The molecule has 1 aromatic heterocycles. The van der Waals surface area contributed by atoms with Crippen molar-refractivity contribution in [2.24, 2.45) is 0 Å². The molecular weight excluding hydrogens is 316 g/mol. The first-order valence-corrected chi connectivity index (χ1v) is 7.24. The third kappa shape index (κ3) is 4.57. The number of amides is 1. The number of carbonyl (C=O) groups excluding carboxylic acids is 1. The van der Waals surface area contributed by atoms with Gasteiger partial charge in [-0.05, 0) is 12.1 Å². The van der Waals surface area contributed by atoms with Crippen LogP contribution in [-0.2, 0) is 4.74 Å². The Balaban J connectivity index is 2.02. The Morgan fingerprint density at radius 1 is 1.38 bits per heavy atom. The third-order valence-corrected chi connectivity index (χ3v) is 3.17. The number of methoxy groups -OCH3 is 1. The lowest BCUT2D eigenvalue weighted by Crippen LogP contribution is -2.33. The molecule has 0 saturated heterocycles. The number of nitrogens with one attached hydrogen (secondary N) is 2.